The number of halogens is 5. The van der Waals surface area contributed by atoms with Crippen molar-refractivity contribution in [2.24, 2.45) is 0 Å². The second-order valence-electron chi connectivity index (χ2n) is 4.98. The first kappa shape index (κ1) is 15.0. The van der Waals surface area contributed by atoms with E-state index in [9.17, 15) is 22.0 Å². The van der Waals surface area contributed by atoms with Gasteiger partial charge in [-0.15, -0.1) is 0 Å². The summed E-state index contributed by atoms with van der Waals surface area (Å²) in [6.07, 6.45) is -3.97. The highest BCUT2D eigenvalue weighted by atomic mass is 19.4. The van der Waals surface area contributed by atoms with E-state index in [1.54, 1.807) is 0 Å². The fourth-order valence-electron chi connectivity index (χ4n) is 2.18. The molecule has 1 heterocycles. The predicted molar refractivity (Wildman–Crippen MR) is 65.9 cm³/mol. The average molecular weight is 294 g/mol. The van der Waals surface area contributed by atoms with Gasteiger partial charge in [0.05, 0.1) is 5.56 Å². The van der Waals surface area contributed by atoms with Crippen molar-refractivity contribution in [1.82, 2.24) is 5.32 Å². The van der Waals surface area contributed by atoms with Crippen LogP contribution in [0.2, 0.25) is 0 Å². The van der Waals surface area contributed by atoms with Crippen molar-refractivity contribution < 1.29 is 22.0 Å². The predicted octanol–water partition coefficient (Wildman–Crippen LogP) is 3.59. The summed E-state index contributed by atoms with van der Waals surface area (Å²) in [7, 11) is 0. The fraction of sp³-hybridized carbons (Fsp3) is 0.538. The van der Waals surface area contributed by atoms with Crippen LogP contribution in [-0.2, 0) is 12.1 Å². The van der Waals surface area contributed by atoms with E-state index in [1.165, 1.54) is 0 Å². The summed E-state index contributed by atoms with van der Waals surface area (Å²) in [5.74, 6) is -3.30. The lowest BCUT2D eigenvalue weighted by Gasteiger charge is -2.20. The lowest BCUT2D eigenvalue weighted by molar-refractivity contribution is -0.137. The molecule has 2 rings (SSSR count). The van der Waals surface area contributed by atoms with Crippen molar-refractivity contribution in [2.75, 3.05) is 18.4 Å². The van der Waals surface area contributed by atoms with Gasteiger partial charge in [-0.3, -0.25) is 0 Å². The van der Waals surface area contributed by atoms with Gasteiger partial charge in [-0.05, 0) is 25.1 Å². The van der Waals surface area contributed by atoms with E-state index in [2.05, 4.69) is 10.6 Å². The molecule has 2 nitrogen and oxygen atoms in total. The van der Waals surface area contributed by atoms with Crippen LogP contribution in [-0.4, -0.2) is 19.1 Å². The Morgan fingerprint density at radius 2 is 1.90 bits per heavy atom. The Balaban J connectivity index is 2.35. The zero-order valence-corrected chi connectivity index (χ0v) is 10.8. The largest absolute Gasteiger partial charge is 0.418 e. The Morgan fingerprint density at radius 3 is 2.40 bits per heavy atom. The molecule has 0 aliphatic carbocycles. The van der Waals surface area contributed by atoms with Crippen LogP contribution in [0.1, 0.15) is 24.5 Å². The first-order valence-electron chi connectivity index (χ1n) is 6.25. The summed E-state index contributed by atoms with van der Waals surface area (Å²) < 4.78 is 65.3. The van der Waals surface area contributed by atoms with Crippen LogP contribution in [0.25, 0.3) is 0 Å². The van der Waals surface area contributed by atoms with Crippen molar-refractivity contribution in [3.63, 3.8) is 0 Å². The number of hydrogen-bond acceptors (Lipinski definition) is 2. The van der Waals surface area contributed by atoms with Crippen molar-refractivity contribution >= 4 is 5.69 Å². The molecule has 1 unspecified atom stereocenters. The first-order valence-corrected chi connectivity index (χ1v) is 6.25. The minimum atomic E-state index is -4.67. The van der Waals surface area contributed by atoms with Crippen LogP contribution in [0.5, 0.6) is 0 Å². The number of rotatable bonds is 3. The molecule has 2 N–H and O–H groups in total. The van der Waals surface area contributed by atoms with Gasteiger partial charge < -0.3 is 10.6 Å². The maximum Gasteiger partial charge on any atom is 0.418 e. The van der Waals surface area contributed by atoms with Gasteiger partial charge in [0.1, 0.15) is 0 Å². The Morgan fingerprint density at radius 1 is 1.20 bits per heavy atom. The molecule has 7 heteroatoms. The molecular weight excluding hydrogens is 279 g/mol. The van der Waals surface area contributed by atoms with Gasteiger partial charge in [0.25, 0.3) is 5.92 Å². The van der Waals surface area contributed by atoms with Crippen molar-refractivity contribution in [3.8, 4) is 0 Å². The van der Waals surface area contributed by atoms with Crippen LogP contribution >= 0.6 is 0 Å². The molecule has 1 saturated heterocycles. The molecule has 0 bridgehead atoms. The molecule has 1 aliphatic rings. The molecule has 1 aromatic carbocycles. The van der Waals surface area contributed by atoms with Crippen molar-refractivity contribution in [3.05, 3.63) is 29.3 Å². The van der Waals surface area contributed by atoms with Gasteiger partial charge in [0, 0.05) is 30.8 Å². The quantitative estimate of drug-likeness (QED) is 0.833. The summed E-state index contributed by atoms with van der Waals surface area (Å²) >= 11 is 0. The molecule has 112 valence electrons. The molecule has 0 amide bonds. The van der Waals surface area contributed by atoms with Crippen molar-refractivity contribution in [2.45, 2.75) is 31.5 Å². The molecule has 1 aromatic rings. The number of alkyl halides is 5. The van der Waals surface area contributed by atoms with Crippen LogP contribution < -0.4 is 10.6 Å². The van der Waals surface area contributed by atoms with E-state index >= 15 is 0 Å². The van der Waals surface area contributed by atoms with Crippen LogP contribution in [0.3, 0.4) is 0 Å². The second-order valence-corrected chi connectivity index (χ2v) is 4.98. The van der Waals surface area contributed by atoms with E-state index in [-0.39, 0.29) is 11.7 Å². The summed E-state index contributed by atoms with van der Waals surface area (Å²) in [5.41, 5.74) is -1.84. The maximum atomic E-state index is 13.2. The zero-order chi connectivity index (χ0) is 15.0. The normalized spacial score (nSPS) is 20.2. The highest BCUT2D eigenvalue weighted by Crippen LogP contribution is 2.39. The molecule has 0 radical (unpaired) electrons. The summed E-state index contributed by atoms with van der Waals surface area (Å²) in [6, 6.07) is 2.50. The van der Waals surface area contributed by atoms with Gasteiger partial charge >= 0.3 is 6.18 Å². The van der Waals surface area contributed by atoms with Crippen molar-refractivity contribution in [1.29, 1.82) is 0 Å². The number of nitrogens with one attached hydrogen (secondary N) is 2. The molecule has 0 aromatic heterocycles. The highest BCUT2D eigenvalue weighted by Gasteiger charge is 2.36. The Labute approximate surface area is 113 Å². The minimum absolute atomic E-state index is 0.121. The van der Waals surface area contributed by atoms with E-state index in [1.807, 2.05) is 0 Å². The third-order valence-corrected chi connectivity index (χ3v) is 3.25. The van der Waals surface area contributed by atoms with Crippen LogP contribution in [0.4, 0.5) is 27.6 Å². The molecule has 1 atom stereocenters. The molecule has 20 heavy (non-hydrogen) atoms. The van der Waals surface area contributed by atoms with Crippen LogP contribution in [0.15, 0.2) is 18.2 Å². The Kier molecular flexibility index (Phi) is 3.90. The van der Waals surface area contributed by atoms with Gasteiger partial charge in [-0.1, -0.05) is 6.07 Å². The standard InChI is InChI=1S/C13H15F5N2/c1-12(14,15)8-2-3-11(10(6-8)13(16,17)18)20-9-4-5-19-7-9/h2-3,6,9,19-20H,4-5,7H2,1H3. The number of anilines is 1. The first-order chi connectivity index (χ1) is 9.18. The summed E-state index contributed by atoms with van der Waals surface area (Å²) in [4.78, 5) is 0. The molecular formula is C13H15F5N2. The Bertz CT molecular complexity index is 473. The third kappa shape index (κ3) is 3.39. The van der Waals surface area contributed by atoms with Gasteiger partial charge in [0.2, 0.25) is 0 Å². The highest BCUT2D eigenvalue weighted by molar-refractivity contribution is 5.55. The molecule has 0 saturated carbocycles. The minimum Gasteiger partial charge on any atom is -0.380 e. The topological polar surface area (TPSA) is 24.1 Å². The van der Waals surface area contributed by atoms with E-state index < -0.39 is 23.2 Å². The van der Waals surface area contributed by atoms with Gasteiger partial charge in [-0.2, -0.15) is 13.2 Å². The van der Waals surface area contributed by atoms with Crippen LogP contribution in [0, 0.1) is 0 Å². The SMILES string of the molecule is CC(F)(F)c1ccc(NC2CCNC2)c(C(F)(F)F)c1. The maximum absolute atomic E-state index is 13.2. The molecule has 0 spiro atoms. The summed E-state index contributed by atoms with van der Waals surface area (Å²) in [5, 5.41) is 5.79. The molecule has 1 fully saturated rings. The fourth-order valence-corrected chi connectivity index (χ4v) is 2.18. The van der Waals surface area contributed by atoms with E-state index in [4.69, 9.17) is 0 Å². The third-order valence-electron chi connectivity index (χ3n) is 3.25. The average Bonchev–Trinajstić information content (AvgIpc) is 2.79. The smallest absolute Gasteiger partial charge is 0.380 e. The number of hydrogen-bond donors (Lipinski definition) is 2. The second kappa shape index (κ2) is 5.20. The Hall–Kier alpha value is -1.37. The van der Waals surface area contributed by atoms with Gasteiger partial charge in [-0.25, -0.2) is 8.78 Å². The lowest BCUT2D eigenvalue weighted by atomic mass is 10.0. The lowest BCUT2D eigenvalue weighted by Crippen LogP contribution is -2.24. The monoisotopic (exact) mass is 294 g/mol. The van der Waals surface area contributed by atoms with E-state index in [0.717, 1.165) is 18.7 Å². The summed E-state index contributed by atoms with van der Waals surface area (Å²) in [6.45, 7) is 1.86. The number of benzene rings is 1. The molecule has 1 aliphatic heterocycles. The zero-order valence-electron chi connectivity index (χ0n) is 10.8. The van der Waals surface area contributed by atoms with Gasteiger partial charge in [0.15, 0.2) is 0 Å². The van der Waals surface area contributed by atoms with E-state index in [0.29, 0.717) is 26.0 Å².